The van der Waals surface area contributed by atoms with Gasteiger partial charge in [-0.15, -0.1) is 24.0 Å². The van der Waals surface area contributed by atoms with Crippen LogP contribution in [0, 0.1) is 5.92 Å². The molecule has 1 aromatic carbocycles. The van der Waals surface area contributed by atoms with Crippen molar-refractivity contribution in [3.05, 3.63) is 30.3 Å². The van der Waals surface area contributed by atoms with Crippen LogP contribution in [-0.2, 0) is 9.84 Å². The summed E-state index contributed by atoms with van der Waals surface area (Å²) in [6.07, 6.45) is 1.15. The Bertz CT molecular complexity index is 752. The summed E-state index contributed by atoms with van der Waals surface area (Å²) in [6, 6.07) is 10.5. The number of benzene rings is 1. The van der Waals surface area contributed by atoms with Crippen LogP contribution in [0.25, 0.3) is 0 Å². The molecule has 1 unspecified atom stereocenters. The fraction of sp³-hybridized carbons (Fsp3) is 0.632. The first-order valence-corrected chi connectivity index (χ1v) is 11.0. The van der Waals surface area contributed by atoms with Crippen LogP contribution < -0.4 is 10.2 Å². The van der Waals surface area contributed by atoms with Crippen molar-refractivity contribution in [1.29, 1.82) is 0 Å². The minimum Gasteiger partial charge on any atom is -0.371 e. The Labute approximate surface area is 180 Å². The predicted octanol–water partition coefficient (Wildman–Crippen LogP) is 2.22. The largest absolute Gasteiger partial charge is 0.371 e. The highest BCUT2D eigenvalue weighted by Crippen LogP contribution is 2.25. The molecule has 1 N–H and O–H groups in total. The maximum atomic E-state index is 12.2. The summed E-state index contributed by atoms with van der Waals surface area (Å²) >= 11 is 0. The predicted molar refractivity (Wildman–Crippen MR) is 123 cm³/mol. The van der Waals surface area contributed by atoms with Crippen molar-refractivity contribution in [3.8, 4) is 0 Å². The third-order valence-electron chi connectivity index (χ3n) is 5.51. The molecular weight excluding hydrogens is 475 g/mol. The van der Waals surface area contributed by atoms with Crippen LogP contribution in [0.2, 0.25) is 0 Å². The van der Waals surface area contributed by atoms with Crippen LogP contribution in [0.15, 0.2) is 35.3 Å². The van der Waals surface area contributed by atoms with E-state index in [0.717, 1.165) is 32.0 Å². The smallest absolute Gasteiger partial charge is 0.193 e. The Hall–Kier alpha value is -1.03. The Morgan fingerprint density at radius 2 is 1.96 bits per heavy atom. The van der Waals surface area contributed by atoms with E-state index in [1.54, 1.807) is 20.9 Å². The van der Waals surface area contributed by atoms with E-state index in [1.807, 2.05) is 6.07 Å². The average molecular weight is 506 g/mol. The highest BCUT2D eigenvalue weighted by atomic mass is 127. The molecule has 0 aliphatic carbocycles. The summed E-state index contributed by atoms with van der Waals surface area (Å²) in [7, 11) is -1.27. The summed E-state index contributed by atoms with van der Waals surface area (Å²) in [5.74, 6) is 1.56. The van der Waals surface area contributed by atoms with Gasteiger partial charge >= 0.3 is 0 Å². The van der Waals surface area contributed by atoms with E-state index in [0.29, 0.717) is 19.0 Å². The second-order valence-corrected chi connectivity index (χ2v) is 10.6. The minimum atomic E-state index is -3.04. The van der Waals surface area contributed by atoms with E-state index >= 15 is 0 Å². The second kappa shape index (κ2) is 8.98. The molecule has 0 spiro atoms. The molecule has 8 heteroatoms. The molecule has 0 aromatic heterocycles. The van der Waals surface area contributed by atoms with Gasteiger partial charge in [-0.3, -0.25) is 4.99 Å². The summed E-state index contributed by atoms with van der Waals surface area (Å²) in [4.78, 5) is 8.88. The van der Waals surface area contributed by atoms with Crippen molar-refractivity contribution < 1.29 is 8.42 Å². The van der Waals surface area contributed by atoms with E-state index in [-0.39, 0.29) is 29.7 Å². The Morgan fingerprint density at radius 1 is 1.26 bits per heavy atom. The Kier molecular flexibility index (Phi) is 7.40. The number of halogens is 1. The van der Waals surface area contributed by atoms with Gasteiger partial charge in [0.1, 0.15) is 0 Å². The van der Waals surface area contributed by atoms with Gasteiger partial charge in [-0.2, -0.15) is 0 Å². The molecule has 0 bridgehead atoms. The zero-order valence-electron chi connectivity index (χ0n) is 16.4. The van der Waals surface area contributed by atoms with Gasteiger partial charge in [-0.25, -0.2) is 8.42 Å². The molecule has 152 valence electrons. The van der Waals surface area contributed by atoms with E-state index in [2.05, 4.69) is 44.4 Å². The molecule has 1 atom stereocenters. The first-order chi connectivity index (χ1) is 12.3. The normalized spacial score (nSPS) is 24.4. The molecule has 1 aromatic rings. The number of nitrogens with zero attached hydrogens (tertiary/aromatic N) is 3. The van der Waals surface area contributed by atoms with Gasteiger partial charge in [0.15, 0.2) is 15.8 Å². The van der Waals surface area contributed by atoms with Gasteiger partial charge in [0, 0.05) is 45.5 Å². The number of para-hydroxylation sites is 1. The molecule has 0 radical (unpaired) electrons. The van der Waals surface area contributed by atoms with Crippen LogP contribution in [0.4, 0.5) is 5.69 Å². The van der Waals surface area contributed by atoms with Gasteiger partial charge in [0.2, 0.25) is 0 Å². The highest BCUT2D eigenvalue weighted by molar-refractivity contribution is 14.0. The Balaban J connectivity index is 0.00000261. The summed E-state index contributed by atoms with van der Waals surface area (Å²) in [5.41, 5.74) is 1.28. The third kappa shape index (κ3) is 5.07. The van der Waals surface area contributed by atoms with Gasteiger partial charge in [-0.1, -0.05) is 18.2 Å². The van der Waals surface area contributed by atoms with Gasteiger partial charge in [0.25, 0.3) is 0 Å². The quantitative estimate of drug-likeness (QED) is 0.387. The first-order valence-electron chi connectivity index (χ1n) is 9.30. The molecule has 0 saturated carbocycles. The maximum Gasteiger partial charge on any atom is 0.193 e. The number of rotatable bonds is 3. The van der Waals surface area contributed by atoms with Crippen molar-refractivity contribution in [2.24, 2.45) is 10.9 Å². The summed E-state index contributed by atoms with van der Waals surface area (Å²) < 4.78 is 23.7. The molecule has 6 nitrogen and oxygen atoms in total. The lowest BCUT2D eigenvalue weighted by Crippen LogP contribution is -2.57. The van der Waals surface area contributed by atoms with E-state index in [1.165, 1.54) is 5.69 Å². The number of guanidine groups is 1. The Morgan fingerprint density at radius 3 is 2.59 bits per heavy atom. The van der Waals surface area contributed by atoms with Crippen molar-refractivity contribution in [2.45, 2.75) is 25.0 Å². The maximum absolute atomic E-state index is 12.2. The molecule has 2 aliphatic rings. The lowest BCUT2D eigenvalue weighted by Gasteiger charge is -2.39. The van der Waals surface area contributed by atoms with Crippen LogP contribution in [-0.4, -0.2) is 69.5 Å². The third-order valence-corrected chi connectivity index (χ3v) is 8.04. The average Bonchev–Trinajstić information content (AvgIpc) is 3.08. The zero-order chi connectivity index (χ0) is 18.8. The van der Waals surface area contributed by atoms with E-state index in [9.17, 15) is 8.42 Å². The minimum absolute atomic E-state index is 0. The second-order valence-electron chi connectivity index (χ2n) is 7.86. The summed E-state index contributed by atoms with van der Waals surface area (Å²) in [5, 5.41) is 3.47. The molecule has 3 rings (SSSR count). The number of hydrogen-bond acceptors (Lipinski definition) is 4. The van der Waals surface area contributed by atoms with Gasteiger partial charge in [0.05, 0.1) is 10.5 Å². The number of sulfone groups is 1. The lowest BCUT2D eigenvalue weighted by molar-refractivity contribution is 0.351. The lowest BCUT2D eigenvalue weighted by atomic mass is 10.1. The van der Waals surface area contributed by atoms with Gasteiger partial charge < -0.3 is 15.1 Å². The van der Waals surface area contributed by atoms with Crippen molar-refractivity contribution in [2.75, 3.05) is 50.4 Å². The van der Waals surface area contributed by atoms with Gasteiger partial charge in [-0.05, 0) is 38.3 Å². The van der Waals surface area contributed by atoms with Crippen molar-refractivity contribution in [1.82, 2.24) is 10.2 Å². The van der Waals surface area contributed by atoms with Crippen LogP contribution in [0.3, 0.4) is 0 Å². The first kappa shape index (κ1) is 22.3. The SMILES string of the molecule is CN=C(NCC1CCN(c2ccccc2)C1)N1CCS(=O)(=O)C(C)(C)C1.I. The van der Waals surface area contributed by atoms with Crippen LogP contribution in [0.1, 0.15) is 20.3 Å². The monoisotopic (exact) mass is 506 g/mol. The summed E-state index contributed by atoms with van der Waals surface area (Å²) in [6.45, 7) is 7.56. The molecular formula is C19H31IN4O2S. The van der Waals surface area contributed by atoms with Crippen LogP contribution >= 0.6 is 24.0 Å². The number of nitrogens with one attached hydrogen (secondary N) is 1. The fourth-order valence-electron chi connectivity index (χ4n) is 3.76. The van der Waals surface area contributed by atoms with Crippen molar-refractivity contribution >= 4 is 45.5 Å². The highest BCUT2D eigenvalue weighted by Gasteiger charge is 2.41. The number of anilines is 1. The molecule has 2 aliphatic heterocycles. The number of hydrogen-bond donors (Lipinski definition) is 1. The molecule has 2 saturated heterocycles. The van der Waals surface area contributed by atoms with E-state index < -0.39 is 14.6 Å². The van der Waals surface area contributed by atoms with Crippen LogP contribution in [0.5, 0.6) is 0 Å². The number of aliphatic imine (C=N–C) groups is 1. The zero-order valence-corrected chi connectivity index (χ0v) is 19.5. The topological polar surface area (TPSA) is 65.0 Å². The molecule has 2 heterocycles. The van der Waals surface area contributed by atoms with E-state index in [4.69, 9.17) is 0 Å². The molecule has 27 heavy (non-hydrogen) atoms. The van der Waals surface area contributed by atoms with Crippen molar-refractivity contribution in [3.63, 3.8) is 0 Å². The standard InChI is InChI=1S/C19H30N4O2S.HI/c1-19(2)15-23(11-12-26(19,24)25)18(20-3)21-13-16-9-10-22(14-16)17-7-5-4-6-8-17;/h4-8,16H,9-15H2,1-3H3,(H,20,21);1H. The fourth-order valence-corrected chi connectivity index (χ4v) is 5.13. The molecule has 0 amide bonds. The molecule has 2 fully saturated rings.